The number of anilines is 3. The molecular weight excluding hydrogens is 538 g/mol. The molecule has 0 saturated carbocycles. The molecule has 5 nitrogen and oxygen atoms in total. The Bertz CT molecular complexity index is 1640. The summed E-state index contributed by atoms with van der Waals surface area (Å²) < 4.78 is 10.7. The van der Waals surface area contributed by atoms with E-state index < -0.39 is 0 Å². The van der Waals surface area contributed by atoms with E-state index in [1.54, 1.807) is 0 Å². The smallest absolute Gasteiger partial charge is 0.190 e. The number of carbonyl (C=O) groups is 1. The maximum absolute atomic E-state index is 13.8. The fraction of sp³-hybridized carbons (Fsp3) is 0.361. The van der Waals surface area contributed by atoms with Crippen molar-refractivity contribution in [2.45, 2.75) is 52.2 Å². The highest BCUT2D eigenvalue weighted by Gasteiger charge is 2.29. The Labute approximate surface area is 254 Å². The van der Waals surface area contributed by atoms with E-state index >= 15 is 0 Å². The molecule has 0 radical (unpaired) electrons. The van der Waals surface area contributed by atoms with E-state index in [0.717, 1.165) is 68.9 Å². The van der Waals surface area contributed by atoms with Crippen LogP contribution in [0.15, 0.2) is 72.8 Å². The quantitative estimate of drug-likeness (QED) is 0.109. The number of para-hydroxylation sites is 3. The lowest BCUT2D eigenvalue weighted by molar-refractivity contribution is 0.0788. The summed E-state index contributed by atoms with van der Waals surface area (Å²) in [5.74, 6) is 0.869. The second-order valence-corrected chi connectivity index (χ2v) is 13.0. The van der Waals surface area contributed by atoms with Crippen LogP contribution in [-0.4, -0.2) is 38.6 Å². The molecule has 0 bridgehead atoms. The number of nitrogens with zero attached hydrogens (tertiary/aromatic N) is 3. The number of carbonyl (C=O) groups excluding carboxylic acids is 1. The van der Waals surface area contributed by atoms with Crippen LogP contribution in [-0.2, 0) is 18.8 Å². The number of rotatable bonds is 12. The van der Waals surface area contributed by atoms with Crippen LogP contribution in [0.3, 0.4) is 0 Å². The summed E-state index contributed by atoms with van der Waals surface area (Å²) in [6, 6.07) is 25.0. The first-order valence-electron chi connectivity index (χ1n) is 14.9. The van der Waals surface area contributed by atoms with Crippen molar-refractivity contribution in [3.05, 3.63) is 89.7 Å². The van der Waals surface area contributed by atoms with E-state index in [4.69, 9.17) is 4.74 Å². The molecule has 2 aromatic heterocycles. The molecule has 220 valence electrons. The lowest BCUT2D eigenvalue weighted by atomic mass is 10.0. The van der Waals surface area contributed by atoms with Crippen molar-refractivity contribution in [3.8, 4) is 0 Å². The molecule has 0 fully saturated rings. The molecule has 0 amide bonds. The number of fused-ring (bicyclic) bond motifs is 2. The Morgan fingerprint density at radius 2 is 1.31 bits per heavy atom. The maximum atomic E-state index is 13.8. The average Bonchev–Trinajstić information content (AvgIpc) is 3.42. The first-order valence-corrected chi connectivity index (χ1v) is 15.9. The summed E-state index contributed by atoms with van der Waals surface area (Å²) in [6.07, 6.45) is 2.24. The number of thioether (sulfide) groups is 1. The zero-order chi connectivity index (χ0) is 30.0. The summed E-state index contributed by atoms with van der Waals surface area (Å²) in [7, 11) is 4.22. The summed E-state index contributed by atoms with van der Waals surface area (Å²) in [4.78, 5) is 16.2. The number of benzene rings is 3. The summed E-state index contributed by atoms with van der Waals surface area (Å²) in [6.45, 7) is 11.7. The predicted molar refractivity (Wildman–Crippen MR) is 180 cm³/mol. The molecule has 0 spiro atoms. The summed E-state index contributed by atoms with van der Waals surface area (Å²) in [5.41, 5.74) is 8.28. The van der Waals surface area contributed by atoms with Gasteiger partial charge in [-0.25, -0.2) is 0 Å². The van der Waals surface area contributed by atoms with Crippen LogP contribution in [0.1, 0.15) is 55.4 Å². The van der Waals surface area contributed by atoms with Gasteiger partial charge in [0.2, 0.25) is 0 Å². The first-order chi connectivity index (χ1) is 20.2. The highest BCUT2D eigenvalue weighted by atomic mass is 32.2. The third-order valence-corrected chi connectivity index (χ3v) is 10.7. The van der Waals surface area contributed by atoms with Gasteiger partial charge in [-0.05, 0) is 51.0 Å². The Balaban J connectivity index is 1.59. The molecule has 0 aliphatic heterocycles. The highest BCUT2D eigenvalue weighted by molar-refractivity contribution is 8.00. The first kappa shape index (κ1) is 30.0. The zero-order valence-corrected chi connectivity index (χ0v) is 26.8. The van der Waals surface area contributed by atoms with Crippen LogP contribution in [0.2, 0.25) is 0 Å². The van der Waals surface area contributed by atoms with Gasteiger partial charge in [-0.2, -0.15) is 11.8 Å². The van der Waals surface area contributed by atoms with E-state index in [1.165, 1.54) is 0 Å². The Kier molecular flexibility index (Phi) is 8.86. The number of hydrogen-bond donors (Lipinski definition) is 0. The molecule has 42 heavy (non-hydrogen) atoms. The molecule has 2 heterocycles. The van der Waals surface area contributed by atoms with Crippen LogP contribution < -0.4 is 4.90 Å². The molecule has 0 aliphatic rings. The van der Waals surface area contributed by atoms with Gasteiger partial charge in [0, 0.05) is 52.3 Å². The van der Waals surface area contributed by atoms with Crippen molar-refractivity contribution in [1.29, 1.82) is 0 Å². The lowest BCUT2D eigenvalue weighted by Crippen LogP contribution is -2.20. The zero-order valence-electron chi connectivity index (χ0n) is 26.0. The Hall–Kier alpha value is -3.48. The van der Waals surface area contributed by atoms with E-state index in [2.05, 4.69) is 117 Å². The van der Waals surface area contributed by atoms with Crippen LogP contribution in [0.5, 0.6) is 0 Å². The van der Waals surface area contributed by atoms with Gasteiger partial charge in [0.05, 0.1) is 34.7 Å². The molecule has 0 N–H and O–H groups in total. The molecule has 5 aromatic rings. The van der Waals surface area contributed by atoms with Crippen molar-refractivity contribution < 1.29 is 9.53 Å². The van der Waals surface area contributed by atoms with E-state index in [1.807, 2.05) is 30.0 Å². The number of Topliss-reactive ketones (excluding diaryl/α,β-unsaturated/α-hetero) is 1. The monoisotopic (exact) mass is 581 g/mol. The molecule has 5 rings (SSSR count). The number of hydrogen-bond acceptors (Lipinski definition) is 4. The minimum absolute atomic E-state index is 0.00914. The van der Waals surface area contributed by atoms with Gasteiger partial charge >= 0.3 is 0 Å². The predicted octanol–water partition coefficient (Wildman–Crippen LogP) is 9.27. The van der Waals surface area contributed by atoms with Crippen molar-refractivity contribution in [2.24, 2.45) is 14.1 Å². The van der Waals surface area contributed by atoms with Gasteiger partial charge in [0.1, 0.15) is 6.61 Å². The molecule has 3 aromatic carbocycles. The fourth-order valence-electron chi connectivity index (χ4n) is 5.87. The fourth-order valence-corrected chi connectivity index (χ4v) is 6.97. The lowest BCUT2D eigenvalue weighted by Gasteiger charge is -2.28. The molecule has 0 saturated heterocycles. The van der Waals surface area contributed by atoms with Crippen molar-refractivity contribution in [2.75, 3.05) is 23.9 Å². The normalized spacial score (nSPS) is 12.0. The Morgan fingerprint density at radius 3 is 1.86 bits per heavy atom. The summed E-state index contributed by atoms with van der Waals surface area (Å²) >= 11 is 1.93. The van der Waals surface area contributed by atoms with Crippen molar-refractivity contribution in [3.63, 3.8) is 0 Å². The van der Waals surface area contributed by atoms with Crippen molar-refractivity contribution in [1.82, 2.24) is 9.13 Å². The van der Waals surface area contributed by atoms with E-state index in [0.29, 0.717) is 12.2 Å². The number of aryl methyl sites for hydroxylation is 2. The minimum atomic E-state index is -0.00914. The topological polar surface area (TPSA) is 39.4 Å². The largest absolute Gasteiger partial charge is 0.372 e. The van der Waals surface area contributed by atoms with Gasteiger partial charge in [-0.3, -0.25) is 4.79 Å². The standard InChI is InChI=1S/C36H43N3O2S/c1-8-36(5,9-2)42-23-22-41-24-33(40)27-16-10-15-21-32(27)39(34-25(3)37(6)30-19-13-11-17-28(30)34)35-26(4)38(7)31-20-14-12-18-29(31)35/h10-21H,8-9,22-24H2,1-7H3. The molecule has 0 aliphatic carbocycles. The third kappa shape index (κ3) is 5.38. The maximum Gasteiger partial charge on any atom is 0.190 e. The number of ether oxygens (including phenoxy) is 1. The molecule has 0 atom stereocenters. The average molecular weight is 582 g/mol. The summed E-state index contributed by atoms with van der Waals surface area (Å²) in [5, 5.41) is 2.30. The van der Waals surface area contributed by atoms with Crippen LogP contribution in [0, 0.1) is 13.8 Å². The van der Waals surface area contributed by atoms with E-state index in [9.17, 15) is 4.79 Å². The van der Waals surface area contributed by atoms with Gasteiger partial charge in [-0.1, -0.05) is 69.3 Å². The van der Waals surface area contributed by atoms with Crippen LogP contribution in [0.4, 0.5) is 17.1 Å². The highest BCUT2D eigenvalue weighted by Crippen LogP contribution is 2.47. The number of ketones is 1. The van der Waals surface area contributed by atoms with Gasteiger partial charge < -0.3 is 18.8 Å². The second-order valence-electron chi connectivity index (χ2n) is 11.4. The van der Waals surface area contributed by atoms with Gasteiger partial charge in [-0.15, -0.1) is 0 Å². The van der Waals surface area contributed by atoms with Gasteiger partial charge in [0.25, 0.3) is 0 Å². The van der Waals surface area contributed by atoms with Crippen molar-refractivity contribution >= 4 is 56.4 Å². The van der Waals surface area contributed by atoms with Gasteiger partial charge in [0.15, 0.2) is 5.78 Å². The minimum Gasteiger partial charge on any atom is -0.372 e. The second kappa shape index (κ2) is 12.4. The molecular formula is C36H43N3O2S. The molecule has 6 heteroatoms. The third-order valence-electron chi connectivity index (χ3n) is 9.03. The SMILES string of the molecule is CCC(C)(CC)SCCOCC(=O)c1ccccc1N(c1c(C)n(C)c2ccccc12)c1c(C)n(C)c2ccccc12. The van der Waals surface area contributed by atoms with E-state index in [-0.39, 0.29) is 17.1 Å². The van der Waals surface area contributed by atoms with Crippen LogP contribution >= 0.6 is 11.8 Å². The Morgan fingerprint density at radius 1 is 0.810 bits per heavy atom. The number of aromatic nitrogens is 2. The van der Waals surface area contributed by atoms with Crippen LogP contribution in [0.25, 0.3) is 21.8 Å². The molecule has 0 unspecified atom stereocenters.